The maximum atomic E-state index is 9.76. The Morgan fingerprint density at radius 3 is 3.00 bits per heavy atom. The Balaban J connectivity index is 3.09. The fraction of sp³-hybridized carbons (Fsp3) is 0.600. The van der Waals surface area contributed by atoms with E-state index in [4.69, 9.17) is 5.11 Å². The molecule has 0 aliphatic rings. The number of oxime groups is 1. The van der Waals surface area contributed by atoms with Crippen molar-refractivity contribution >= 4 is 12.2 Å². The summed E-state index contributed by atoms with van der Waals surface area (Å²) in [6.45, 7) is 1.52. The molecule has 0 aliphatic carbocycles. The Morgan fingerprint density at radius 1 is 1.89 bits per heavy atom. The summed E-state index contributed by atoms with van der Waals surface area (Å²) in [7, 11) is 0. The van der Waals surface area contributed by atoms with Gasteiger partial charge in [-0.2, -0.15) is 0 Å². The maximum absolute atomic E-state index is 9.76. The molecule has 0 saturated carbocycles. The van der Waals surface area contributed by atoms with Gasteiger partial charge in [-0.3, -0.25) is 0 Å². The topological polar surface area (TPSA) is 58.9 Å². The number of aliphatic carboxylic acids is 1. The number of nitrogens with zero attached hydrogens (tertiary/aromatic N) is 1. The van der Waals surface area contributed by atoms with Crippen LogP contribution in [0.25, 0.3) is 0 Å². The lowest BCUT2D eigenvalue weighted by atomic mass is 10.6. The van der Waals surface area contributed by atoms with E-state index in [2.05, 4.69) is 9.99 Å². The van der Waals surface area contributed by atoms with Crippen molar-refractivity contribution in [3.63, 3.8) is 0 Å². The van der Waals surface area contributed by atoms with Crippen LogP contribution in [-0.4, -0.2) is 23.9 Å². The highest BCUT2D eigenvalue weighted by Gasteiger charge is 1.91. The molecular formula is C5H9NO3. The number of carboxylic acid groups (broad SMARTS) is 1. The fourth-order valence-electron chi connectivity index (χ4n) is 0.220. The van der Waals surface area contributed by atoms with E-state index < -0.39 is 5.97 Å². The van der Waals surface area contributed by atoms with E-state index in [1.165, 1.54) is 6.21 Å². The highest BCUT2D eigenvalue weighted by atomic mass is 16.6. The molecule has 0 atom stereocenters. The highest BCUT2D eigenvalue weighted by Crippen LogP contribution is 1.75. The highest BCUT2D eigenvalue weighted by molar-refractivity contribution is 5.68. The van der Waals surface area contributed by atoms with E-state index in [1.807, 2.05) is 6.92 Å². The van der Waals surface area contributed by atoms with Gasteiger partial charge in [-0.1, -0.05) is 12.1 Å². The predicted octanol–water partition coefficient (Wildman–Crippen LogP) is 0.483. The molecule has 4 nitrogen and oxygen atoms in total. The summed E-state index contributed by atoms with van der Waals surface area (Å²) in [6.07, 6.45) is 2.25. The Kier molecular flexibility index (Phi) is 4.49. The molecule has 0 amide bonds. The van der Waals surface area contributed by atoms with Crippen LogP contribution in [0.1, 0.15) is 13.3 Å². The average molecular weight is 131 g/mol. The van der Waals surface area contributed by atoms with Gasteiger partial charge in [0, 0.05) is 6.21 Å². The van der Waals surface area contributed by atoms with E-state index in [1.54, 1.807) is 0 Å². The molecule has 1 N–H and O–H groups in total. The van der Waals surface area contributed by atoms with Crippen LogP contribution in [0, 0.1) is 0 Å². The number of rotatable bonds is 4. The van der Waals surface area contributed by atoms with Crippen molar-refractivity contribution in [1.29, 1.82) is 0 Å². The average Bonchev–Trinajstić information content (AvgIpc) is 1.80. The summed E-state index contributed by atoms with van der Waals surface area (Å²) in [5, 5.41) is 11.3. The summed E-state index contributed by atoms with van der Waals surface area (Å²) in [5.41, 5.74) is 0. The van der Waals surface area contributed by atoms with Crippen molar-refractivity contribution in [3.8, 4) is 0 Å². The van der Waals surface area contributed by atoms with E-state index in [0.29, 0.717) is 0 Å². The van der Waals surface area contributed by atoms with Crippen molar-refractivity contribution in [3.05, 3.63) is 0 Å². The summed E-state index contributed by atoms with van der Waals surface area (Å²) < 4.78 is 0. The molecule has 0 bridgehead atoms. The SMILES string of the molecule is CC/C=N\OCC(=O)O. The number of carbonyl (C=O) groups is 1. The number of carboxylic acids is 1. The molecule has 0 rings (SSSR count). The van der Waals surface area contributed by atoms with Crippen LogP contribution in [0.15, 0.2) is 5.16 Å². The summed E-state index contributed by atoms with van der Waals surface area (Å²) >= 11 is 0. The standard InChI is InChI=1S/C5H9NO3/c1-2-3-6-9-4-5(7)8/h3H,2,4H2,1H3,(H,7,8)/b6-3-. The molecule has 9 heavy (non-hydrogen) atoms. The van der Waals surface area contributed by atoms with Gasteiger partial charge >= 0.3 is 5.97 Å². The molecule has 4 heteroatoms. The molecular weight excluding hydrogens is 122 g/mol. The Labute approximate surface area is 53.1 Å². The number of hydrogen-bond acceptors (Lipinski definition) is 3. The quantitative estimate of drug-likeness (QED) is 0.446. The van der Waals surface area contributed by atoms with Crippen LogP contribution in [0.2, 0.25) is 0 Å². The number of hydrogen-bond donors (Lipinski definition) is 1. The third-order valence-electron chi connectivity index (χ3n) is 0.520. The van der Waals surface area contributed by atoms with Gasteiger partial charge < -0.3 is 9.94 Å². The van der Waals surface area contributed by atoms with E-state index in [9.17, 15) is 4.79 Å². The van der Waals surface area contributed by atoms with Gasteiger partial charge in [0.05, 0.1) is 0 Å². The first-order valence-electron chi connectivity index (χ1n) is 2.63. The van der Waals surface area contributed by atoms with Crippen LogP contribution in [-0.2, 0) is 9.63 Å². The third-order valence-corrected chi connectivity index (χ3v) is 0.520. The smallest absolute Gasteiger partial charge is 0.344 e. The molecule has 0 fully saturated rings. The minimum absolute atomic E-state index is 0.365. The second-order valence-corrected chi connectivity index (χ2v) is 1.36. The summed E-state index contributed by atoms with van der Waals surface area (Å²) in [5.74, 6) is -1.01. The van der Waals surface area contributed by atoms with Gasteiger partial charge in [0.1, 0.15) is 0 Å². The van der Waals surface area contributed by atoms with E-state index in [0.717, 1.165) is 6.42 Å². The first-order chi connectivity index (χ1) is 4.27. The third kappa shape index (κ3) is 6.94. The summed E-state index contributed by atoms with van der Waals surface area (Å²) in [4.78, 5) is 14.1. The summed E-state index contributed by atoms with van der Waals surface area (Å²) in [6, 6.07) is 0. The van der Waals surface area contributed by atoms with Crippen LogP contribution < -0.4 is 0 Å². The monoisotopic (exact) mass is 131 g/mol. The van der Waals surface area contributed by atoms with Crippen molar-refractivity contribution < 1.29 is 14.7 Å². The minimum Gasteiger partial charge on any atom is -0.479 e. The second kappa shape index (κ2) is 5.08. The van der Waals surface area contributed by atoms with Crippen LogP contribution in [0.4, 0.5) is 0 Å². The predicted molar refractivity (Wildman–Crippen MR) is 32.4 cm³/mol. The van der Waals surface area contributed by atoms with Gasteiger partial charge in [0.2, 0.25) is 6.61 Å². The van der Waals surface area contributed by atoms with Gasteiger partial charge in [-0.15, -0.1) is 0 Å². The normalized spacial score (nSPS) is 9.89. The molecule has 0 radical (unpaired) electrons. The van der Waals surface area contributed by atoms with Crippen LogP contribution >= 0.6 is 0 Å². The second-order valence-electron chi connectivity index (χ2n) is 1.36. The zero-order chi connectivity index (χ0) is 7.11. The first kappa shape index (κ1) is 7.94. The van der Waals surface area contributed by atoms with Crippen LogP contribution in [0.3, 0.4) is 0 Å². The van der Waals surface area contributed by atoms with Crippen molar-refractivity contribution in [2.75, 3.05) is 6.61 Å². The molecule has 0 aromatic heterocycles. The van der Waals surface area contributed by atoms with Crippen molar-refractivity contribution in [2.24, 2.45) is 5.16 Å². The molecule has 0 saturated heterocycles. The van der Waals surface area contributed by atoms with E-state index in [-0.39, 0.29) is 6.61 Å². The lowest BCUT2D eigenvalue weighted by Crippen LogP contribution is -2.02. The maximum Gasteiger partial charge on any atom is 0.344 e. The van der Waals surface area contributed by atoms with Gasteiger partial charge in [0.15, 0.2) is 0 Å². The first-order valence-corrected chi connectivity index (χ1v) is 2.63. The fourth-order valence-corrected chi connectivity index (χ4v) is 0.220. The van der Waals surface area contributed by atoms with Crippen molar-refractivity contribution in [1.82, 2.24) is 0 Å². The molecule has 0 aromatic carbocycles. The Morgan fingerprint density at radius 2 is 2.56 bits per heavy atom. The van der Waals surface area contributed by atoms with Gasteiger partial charge in [-0.05, 0) is 6.42 Å². The van der Waals surface area contributed by atoms with E-state index >= 15 is 0 Å². The van der Waals surface area contributed by atoms with Crippen molar-refractivity contribution in [2.45, 2.75) is 13.3 Å². The van der Waals surface area contributed by atoms with Gasteiger partial charge in [-0.25, -0.2) is 4.79 Å². The molecule has 0 aliphatic heterocycles. The lowest BCUT2D eigenvalue weighted by Gasteiger charge is -1.89. The lowest BCUT2D eigenvalue weighted by molar-refractivity contribution is -0.142. The largest absolute Gasteiger partial charge is 0.479 e. The van der Waals surface area contributed by atoms with Crippen LogP contribution in [0.5, 0.6) is 0 Å². The molecule has 0 spiro atoms. The molecule has 0 unspecified atom stereocenters. The molecule has 0 aromatic rings. The zero-order valence-corrected chi connectivity index (χ0v) is 5.20. The van der Waals surface area contributed by atoms with Gasteiger partial charge in [0.25, 0.3) is 0 Å². The molecule has 52 valence electrons. The Hall–Kier alpha value is -1.06. The zero-order valence-electron chi connectivity index (χ0n) is 5.20. The molecule has 0 heterocycles. The minimum atomic E-state index is -1.01. The Bertz CT molecular complexity index is 111.